The first-order chi connectivity index (χ1) is 9.03. The maximum atomic E-state index is 12.0. The maximum absolute atomic E-state index is 12.0. The van der Waals surface area contributed by atoms with Crippen molar-refractivity contribution in [2.24, 2.45) is 5.92 Å². The number of hydrogen-bond donors (Lipinski definition) is 2. The number of aromatic nitrogens is 2. The molecule has 1 saturated carbocycles. The van der Waals surface area contributed by atoms with Gasteiger partial charge in [-0.2, -0.15) is 0 Å². The fourth-order valence-electron chi connectivity index (χ4n) is 2.29. The number of carbonyl (C=O) groups excluding carboxylic acids is 1. The Morgan fingerprint density at radius 1 is 1.42 bits per heavy atom. The lowest BCUT2D eigenvalue weighted by atomic mass is 9.86. The number of rotatable bonds is 4. The molecule has 1 fully saturated rings. The van der Waals surface area contributed by atoms with E-state index in [-0.39, 0.29) is 23.0 Å². The highest BCUT2D eigenvalue weighted by Gasteiger charge is 2.29. The third-order valence-electron chi connectivity index (χ3n) is 3.35. The van der Waals surface area contributed by atoms with Crippen LogP contribution in [0.2, 0.25) is 0 Å². The van der Waals surface area contributed by atoms with Crippen LogP contribution in [-0.2, 0) is 19.6 Å². The molecule has 0 aliphatic heterocycles. The van der Waals surface area contributed by atoms with Crippen LogP contribution >= 0.6 is 0 Å². The van der Waals surface area contributed by atoms with Crippen molar-refractivity contribution in [1.82, 2.24) is 14.7 Å². The molecule has 1 aliphatic carbocycles. The monoisotopic (exact) mass is 287 g/mol. The first kappa shape index (κ1) is 14.0. The highest BCUT2D eigenvalue weighted by Crippen LogP contribution is 2.26. The first-order valence-corrected chi connectivity index (χ1v) is 7.60. The summed E-state index contributed by atoms with van der Waals surface area (Å²) in [6.07, 6.45) is 5.14. The van der Waals surface area contributed by atoms with Gasteiger partial charge in [0.1, 0.15) is 0 Å². The molecule has 0 atom stereocenters. The lowest BCUT2D eigenvalue weighted by Gasteiger charge is -2.27. The number of aromatic amines is 1. The van der Waals surface area contributed by atoms with Crippen molar-refractivity contribution in [3.05, 3.63) is 12.5 Å². The van der Waals surface area contributed by atoms with E-state index in [0.29, 0.717) is 25.7 Å². The molecular weight excluding hydrogens is 270 g/mol. The summed E-state index contributed by atoms with van der Waals surface area (Å²) in [7, 11) is -2.17. The third kappa shape index (κ3) is 3.32. The van der Waals surface area contributed by atoms with Gasteiger partial charge >= 0.3 is 5.97 Å². The lowest BCUT2D eigenvalue weighted by molar-refractivity contribution is -0.146. The average Bonchev–Trinajstić information content (AvgIpc) is 2.93. The molecule has 0 aromatic carbocycles. The smallest absolute Gasteiger partial charge is 0.308 e. The van der Waals surface area contributed by atoms with Crippen LogP contribution in [0.4, 0.5) is 0 Å². The summed E-state index contributed by atoms with van der Waals surface area (Å²) in [4.78, 5) is 17.6. The molecular formula is C11H17N3O4S. The molecule has 1 aliphatic rings. The Hall–Kier alpha value is -1.41. The van der Waals surface area contributed by atoms with Crippen LogP contribution in [0, 0.1) is 5.92 Å². The highest BCUT2D eigenvalue weighted by atomic mass is 32.2. The van der Waals surface area contributed by atoms with Crippen LogP contribution in [0.3, 0.4) is 0 Å². The number of sulfonamides is 1. The van der Waals surface area contributed by atoms with Crippen LogP contribution in [0.15, 0.2) is 17.6 Å². The fraction of sp³-hybridized carbons (Fsp3) is 0.636. The zero-order chi connectivity index (χ0) is 13.9. The number of hydrogen-bond acceptors (Lipinski definition) is 5. The van der Waals surface area contributed by atoms with Gasteiger partial charge in [0.2, 0.25) is 0 Å². The average molecular weight is 287 g/mol. The van der Waals surface area contributed by atoms with Gasteiger partial charge in [-0.15, -0.1) is 0 Å². The van der Waals surface area contributed by atoms with Gasteiger partial charge in [-0.3, -0.25) is 4.79 Å². The van der Waals surface area contributed by atoms with Gasteiger partial charge in [0.05, 0.1) is 25.6 Å². The van der Waals surface area contributed by atoms with Gasteiger partial charge < -0.3 is 9.72 Å². The van der Waals surface area contributed by atoms with Crippen molar-refractivity contribution < 1.29 is 17.9 Å². The molecule has 0 spiro atoms. The number of carbonyl (C=O) groups is 1. The Morgan fingerprint density at radius 3 is 2.63 bits per heavy atom. The second kappa shape index (κ2) is 5.70. The number of nitrogens with zero attached hydrogens (tertiary/aromatic N) is 1. The quantitative estimate of drug-likeness (QED) is 0.782. The van der Waals surface area contributed by atoms with E-state index >= 15 is 0 Å². The number of ether oxygens (including phenoxy) is 1. The minimum Gasteiger partial charge on any atom is -0.469 e. The Balaban J connectivity index is 1.91. The third-order valence-corrected chi connectivity index (χ3v) is 4.79. The summed E-state index contributed by atoms with van der Waals surface area (Å²) in [6, 6.07) is -0.144. The van der Waals surface area contributed by atoms with Crippen LogP contribution < -0.4 is 4.72 Å². The minimum absolute atomic E-state index is 0.0580. The molecule has 7 nitrogen and oxygen atoms in total. The summed E-state index contributed by atoms with van der Waals surface area (Å²) in [5, 5.41) is 0.0580. The second-order valence-electron chi connectivity index (χ2n) is 4.61. The topological polar surface area (TPSA) is 101 Å². The number of esters is 1. The van der Waals surface area contributed by atoms with E-state index in [1.807, 2.05) is 0 Å². The predicted octanol–water partition coefficient (Wildman–Crippen LogP) is 0.420. The molecule has 0 saturated heterocycles. The maximum Gasteiger partial charge on any atom is 0.308 e. The second-order valence-corrected chi connectivity index (χ2v) is 6.29. The Labute approximate surface area is 111 Å². The zero-order valence-corrected chi connectivity index (χ0v) is 11.4. The standard InChI is InChI=1S/C11H17N3O4S/c1-18-11(15)8-2-4-9(5-3-8)14-19(16,17)10-6-12-7-13-10/h6-9,14H,2-5H2,1H3,(H,12,13). The van der Waals surface area contributed by atoms with E-state index in [0.717, 1.165) is 0 Å². The normalized spacial score (nSPS) is 24.1. The zero-order valence-electron chi connectivity index (χ0n) is 10.6. The van der Waals surface area contributed by atoms with E-state index < -0.39 is 10.0 Å². The molecule has 0 amide bonds. The number of H-pyrrole nitrogens is 1. The Kier molecular flexibility index (Phi) is 4.20. The van der Waals surface area contributed by atoms with Crippen LogP contribution in [0.25, 0.3) is 0 Å². The molecule has 1 heterocycles. The van der Waals surface area contributed by atoms with E-state index in [4.69, 9.17) is 4.74 Å². The summed E-state index contributed by atoms with van der Waals surface area (Å²) >= 11 is 0. The predicted molar refractivity (Wildman–Crippen MR) is 66.7 cm³/mol. The van der Waals surface area contributed by atoms with Crippen molar-refractivity contribution in [1.29, 1.82) is 0 Å². The molecule has 1 aromatic heterocycles. The fourth-order valence-corrected chi connectivity index (χ4v) is 3.50. The summed E-state index contributed by atoms with van der Waals surface area (Å²) in [6.45, 7) is 0. The minimum atomic E-state index is -3.54. The van der Waals surface area contributed by atoms with Crippen molar-refractivity contribution in [3.63, 3.8) is 0 Å². The lowest BCUT2D eigenvalue weighted by Crippen LogP contribution is -2.39. The molecule has 0 bridgehead atoms. The molecule has 1 aromatic rings. The van der Waals surface area contributed by atoms with Crippen molar-refractivity contribution in [2.45, 2.75) is 36.8 Å². The molecule has 0 radical (unpaired) electrons. The first-order valence-electron chi connectivity index (χ1n) is 6.11. The molecule has 8 heteroatoms. The number of methoxy groups -OCH3 is 1. The molecule has 0 unspecified atom stereocenters. The summed E-state index contributed by atoms with van der Waals surface area (Å²) in [5.41, 5.74) is 0. The molecule has 2 rings (SSSR count). The van der Waals surface area contributed by atoms with Gasteiger partial charge in [-0.1, -0.05) is 0 Å². The van der Waals surface area contributed by atoms with E-state index in [9.17, 15) is 13.2 Å². The van der Waals surface area contributed by atoms with Crippen molar-refractivity contribution in [2.75, 3.05) is 7.11 Å². The van der Waals surface area contributed by atoms with Crippen molar-refractivity contribution >= 4 is 16.0 Å². The summed E-state index contributed by atoms with van der Waals surface area (Å²) in [5.74, 6) is -0.326. The summed E-state index contributed by atoms with van der Waals surface area (Å²) < 4.78 is 31.2. The number of nitrogens with one attached hydrogen (secondary N) is 2. The van der Waals surface area contributed by atoms with Gasteiger partial charge in [0.25, 0.3) is 10.0 Å². The van der Waals surface area contributed by atoms with Crippen LogP contribution in [0.5, 0.6) is 0 Å². The van der Waals surface area contributed by atoms with Crippen LogP contribution in [-0.4, -0.2) is 37.5 Å². The highest BCUT2D eigenvalue weighted by molar-refractivity contribution is 7.89. The van der Waals surface area contributed by atoms with Gasteiger partial charge in [0.15, 0.2) is 5.03 Å². The molecule has 2 N–H and O–H groups in total. The van der Waals surface area contributed by atoms with Crippen molar-refractivity contribution in [3.8, 4) is 0 Å². The van der Waals surface area contributed by atoms with E-state index in [1.165, 1.54) is 19.6 Å². The van der Waals surface area contributed by atoms with Crippen LogP contribution in [0.1, 0.15) is 25.7 Å². The number of imidazole rings is 1. The van der Waals surface area contributed by atoms with E-state index in [1.54, 1.807) is 0 Å². The molecule has 19 heavy (non-hydrogen) atoms. The van der Waals surface area contributed by atoms with Gasteiger partial charge in [0, 0.05) is 6.04 Å². The largest absolute Gasteiger partial charge is 0.469 e. The SMILES string of the molecule is COC(=O)C1CCC(NS(=O)(=O)c2cnc[nH]2)CC1. The van der Waals surface area contributed by atoms with Gasteiger partial charge in [-0.25, -0.2) is 18.1 Å². The molecule has 106 valence electrons. The van der Waals surface area contributed by atoms with E-state index in [2.05, 4.69) is 14.7 Å². The Morgan fingerprint density at radius 2 is 2.11 bits per heavy atom. The Bertz CT molecular complexity index is 518. The van der Waals surface area contributed by atoms with Gasteiger partial charge in [-0.05, 0) is 25.7 Å².